The maximum atomic E-state index is 12.7. The SMILES string of the molecule is O=C(C1CCCN1C(=O)c1ccccc1)N1CCNCC1. The van der Waals surface area contributed by atoms with Gasteiger partial charge in [0.25, 0.3) is 5.91 Å². The van der Waals surface area contributed by atoms with Gasteiger partial charge in [0.2, 0.25) is 5.91 Å². The lowest BCUT2D eigenvalue weighted by Gasteiger charge is -2.33. The molecule has 5 heteroatoms. The lowest BCUT2D eigenvalue weighted by Crippen LogP contribution is -2.53. The Kier molecular flexibility index (Phi) is 4.20. The third kappa shape index (κ3) is 2.93. The second-order valence-corrected chi connectivity index (χ2v) is 5.60. The summed E-state index contributed by atoms with van der Waals surface area (Å²) in [4.78, 5) is 28.9. The van der Waals surface area contributed by atoms with Crippen LogP contribution in [0.5, 0.6) is 0 Å². The predicted octanol–water partition coefficient (Wildman–Crippen LogP) is 0.723. The van der Waals surface area contributed by atoms with Crippen LogP contribution in [-0.4, -0.2) is 60.4 Å². The van der Waals surface area contributed by atoms with Crippen molar-refractivity contribution in [3.05, 3.63) is 35.9 Å². The van der Waals surface area contributed by atoms with Crippen LogP contribution in [-0.2, 0) is 4.79 Å². The second-order valence-electron chi connectivity index (χ2n) is 5.60. The van der Waals surface area contributed by atoms with Gasteiger partial charge < -0.3 is 15.1 Å². The van der Waals surface area contributed by atoms with Crippen LogP contribution >= 0.6 is 0 Å². The molecule has 0 bridgehead atoms. The summed E-state index contributed by atoms with van der Waals surface area (Å²) in [6, 6.07) is 8.95. The molecule has 0 radical (unpaired) electrons. The summed E-state index contributed by atoms with van der Waals surface area (Å²) in [5.74, 6) is 0.0832. The monoisotopic (exact) mass is 287 g/mol. The van der Waals surface area contributed by atoms with Crippen LogP contribution in [0.1, 0.15) is 23.2 Å². The standard InChI is InChI=1S/C16H21N3O2/c20-15(13-5-2-1-3-6-13)19-10-4-7-14(19)16(21)18-11-8-17-9-12-18/h1-3,5-6,14,17H,4,7-12H2. The molecule has 1 aromatic carbocycles. The first kappa shape index (κ1) is 14.1. The third-order valence-corrected chi connectivity index (χ3v) is 4.25. The molecular formula is C16H21N3O2. The maximum absolute atomic E-state index is 12.7. The topological polar surface area (TPSA) is 52.7 Å². The number of piperazine rings is 1. The van der Waals surface area contributed by atoms with Gasteiger partial charge >= 0.3 is 0 Å². The van der Waals surface area contributed by atoms with Crippen molar-refractivity contribution in [2.45, 2.75) is 18.9 Å². The molecule has 5 nitrogen and oxygen atoms in total. The number of carbonyl (C=O) groups is 2. The fourth-order valence-electron chi connectivity index (χ4n) is 3.11. The van der Waals surface area contributed by atoms with Crippen LogP contribution in [0.3, 0.4) is 0 Å². The van der Waals surface area contributed by atoms with Crippen molar-refractivity contribution in [3.8, 4) is 0 Å². The quantitative estimate of drug-likeness (QED) is 0.872. The van der Waals surface area contributed by atoms with Crippen LogP contribution < -0.4 is 5.32 Å². The fourth-order valence-corrected chi connectivity index (χ4v) is 3.11. The van der Waals surface area contributed by atoms with E-state index in [-0.39, 0.29) is 17.9 Å². The lowest BCUT2D eigenvalue weighted by molar-refractivity contribution is -0.135. The predicted molar refractivity (Wildman–Crippen MR) is 80.0 cm³/mol. The Hall–Kier alpha value is -1.88. The molecule has 3 rings (SSSR count). The molecule has 0 saturated carbocycles. The van der Waals surface area contributed by atoms with Crippen molar-refractivity contribution in [3.63, 3.8) is 0 Å². The molecule has 112 valence electrons. The summed E-state index contributed by atoms with van der Waals surface area (Å²) < 4.78 is 0. The van der Waals surface area contributed by atoms with E-state index >= 15 is 0 Å². The first-order valence-electron chi connectivity index (χ1n) is 7.63. The Morgan fingerprint density at radius 3 is 2.48 bits per heavy atom. The Morgan fingerprint density at radius 1 is 1.05 bits per heavy atom. The van der Waals surface area contributed by atoms with Crippen LogP contribution in [0.2, 0.25) is 0 Å². The van der Waals surface area contributed by atoms with Crippen molar-refractivity contribution >= 4 is 11.8 Å². The average molecular weight is 287 g/mol. The number of amides is 2. The Bertz CT molecular complexity index is 512. The van der Waals surface area contributed by atoms with E-state index in [1.165, 1.54) is 0 Å². The first-order valence-corrected chi connectivity index (χ1v) is 7.63. The second kappa shape index (κ2) is 6.26. The number of nitrogens with one attached hydrogen (secondary N) is 1. The van der Waals surface area contributed by atoms with Crippen LogP contribution in [0.25, 0.3) is 0 Å². The fraction of sp³-hybridized carbons (Fsp3) is 0.500. The normalized spacial score (nSPS) is 22.4. The van der Waals surface area contributed by atoms with Gasteiger partial charge in [0.05, 0.1) is 0 Å². The van der Waals surface area contributed by atoms with Gasteiger partial charge in [0.1, 0.15) is 6.04 Å². The molecule has 21 heavy (non-hydrogen) atoms. The van der Waals surface area contributed by atoms with Crippen LogP contribution in [0, 0.1) is 0 Å². The van der Waals surface area contributed by atoms with E-state index in [1.807, 2.05) is 35.2 Å². The molecule has 0 aromatic heterocycles. The number of hydrogen-bond donors (Lipinski definition) is 1. The zero-order valence-corrected chi connectivity index (χ0v) is 12.1. The van der Waals surface area contributed by atoms with Crippen molar-refractivity contribution < 1.29 is 9.59 Å². The van der Waals surface area contributed by atoms with Crippen LogP contribution in [0.4, 0.5) is 0 Å². The summed E-state index contributed by atoms with van der Waals surface area (Å²) >= 11 is 0. The van der Waals surface area contributed by atoms with Gasteiger partial charge in [-0.2, -0.15) is 0 Å². The molecule has 1 atom stereocenters. The van der Waals surface area contributed by atoms with E-state index in [9.17, 15) is 9.59 Å². The number of hydrogen-bond acceptors (Lipinski definition) is 3. The minimum Gasteiger partial charge on any atom is -0.338 e. The van der Waals surface area contributed by atoms with Gasteiger partial charge in [-0.25, -0.2) is 0 Å². The maximum Gasteiger partial charge on any atom is 0.254 e. The van der Waals surface area contributed by atoms with Gasteiger partial charge in [-0.15, -0.1) is 0 Å². The minimum atomic E-state index is -0.282. The number of benzene rings is 1. The van der Waals surface area contributed by atoms with Gasteiger partial charge in [-0.05, 0) is 25.0 Å². The molecule has 2 aliphatic heterocycles. The molecule has 2 amide bonds. The van der Waals surface area contributed by atoms with Crippen molar-refractivity contribution in [2.24, 2.45) is 0 Å². The van der Waals surface area contributed by atoms with E-state index in [4.69, 9.17) is 0 Å². The largest absolute Gasteiger partial charge is 0.338 e. The molecule has 0 aliphatic carbocycles. The summed E-state index contributed by atoms with van der Waals surface area (Å²) in [7, 11) is 0. The summed E-state index contributed by atoms with van der Waals surface area (Å²) in [5.41, 5.74) is 0.664. The van der Waals surface area contributed by atoms with Crippen molar-refractivity contribution in [2.75, 3.05) is 32.7 Å². The van der Waals surface area contributed by atoms with E-state index in [2.05, 4.69) is 5.32 Å². The number of rotatable bonds is 2. The highest BCUT2D eigenvalue weighted by Crippen LogP contribution is 2.22. The summed E-state index contributed by atoms with van der Waals surface area (Å²) in [6.07, 6.45) is 1.68. The molecule has 2 aliphatic rings. The highest BCUT2D eigenvalue weighted by molar-refractivity contribution is 5.97. The lowest BCUT2D eigenvalue weighted by atomic mass is 10.1. The van der Waals surface area contributed by atoms with E-state index in [1.54, 1.807) is 4.90 Å². The molecule has 0 spiro atoms. The molecule has 1 N–H and O–H groups in total. The molecule has 2 heterocycles. The third-order valence-electron chi connectivity index (χ3n) is 4.25. The van der Waals surface area contributed by atoms with E-state index < -0.39 is 0 Å². The highest BCUT2D eigenvalue weighted by atomic mass is 16.2. The Labute approximate surface area is 124 Å². The number of nitrogens with zero attached hydrogens (tertiary/aromatic N) is 2. The molecule has 2 fully saturated rings. The van der Waals surface area contributed by atoms with E-state index in [0.29, 0.717) is 12.1 Å². The molecule has 2 saturated heterocycles. The molecule has 1 unspecified atom stereocenters. The van der Waals surface area contributed by atoms with E-state index in [0.717, 1.165) is 39.0 Å². The number of likely N-dealkylation sites (tertiary alicyclic amines) is 1. The van der Waals surface area contributed by atoms with Crippen LogP contribution in [0.15, 0.2) is 30.3 Å². The Morgan fingerprint density at radius 2 is 1.76 bits per heavy atom. The first-order chi connectivity index (χ1) is 10.3. The smallest absolute Gasteiger partial charge is 0.254 e. The molecular weight excluding hydrogens is 266 g/mol. The van der Waals surface area contributed by atoms with Gasteiger partial charge in [-0.1, -0.05) is 18.2 Å². The Balaban J connectivity index is 1.73. The van der Waals surface area contributed by atoms with Gasteiger partial charge in [0.15, 0.2) is 0 Å². The molecule has 1 aromatic rings. The minimum absolute atomic E-state index is 0.0263. The average Bonchev–Trinajstić information content (AvgIpc) is 3.04. The zero-order valence-electron chi connectivity index (χ0n) is 12.1. The number of carbonyl (C=O) groups excluding carboxylic acids is 2. The summed E-state index contributed by atoms with van der Waals surface area (Å²) in [6.45, 7) is 3.83. The van der Waals surface area contributed by atoms with Crippen molar-refractivity contribution in [1.82, 2.24) is 15.1 Å². The zero-order chi connectivity index (χ0) is 14.7. The highest BCUT2D eigenvalue weighted by Gasteiger charge is 2.36. The van der Waals surface area contributed by atoms with Gasteiger partial charge in [-0.3, -0.25) is 9.59 Å². The van der Waals surface area contributed by atoms with Crippen molar-refractivity contribution in [1.29, 1.82) is 0 Å². The summed E-state index contributed by atoms with van der Waals surface area (Å²) in [5, 5.41) is 3.25. The van der Waals surface area contributed by atoms with Gasteiger partial charge in [0, 0.05) is 38.3 Å².